The van der Waals surface area contributed by atoms with Crippen molar-refractivity contribution in [3.63, 3.8) is 0 Å². The topological polar surface area (TPSA) is 72.9 Å². The van der Waals surface area contributed by atoms with Crippen molar-refractivity contribution in [3.05, 3.63) is 17.5 Å². The van der Waals surface area contributed by atoms with Crippen molar-refractivity contribution in [2.24, 2.45) is 12.8 Å². The lowest BCUT2D eigenvalue weighted by atomic mass is 10.2. The van der Waals surface area contributed by atoms with Gasteiger partial charge in [0.25, 0.3) is 0 Å². The summed E-state index contributed by atoms with van der Waals surface area (Å²) in [5, 5.41) is 6.88. The minimum absolute atomic E-state index is 0.110. The molecule has 1 heterocycles. The van der Waals surface area contributed by atoms with Crippen LogP contribution in [0.3, 0.4) is 0 Å². The van der Waals surface area contributed by atoms with E-state index in [2.05, 4.69) is 10.4 Å². The molecular formula is C10H18N4O. The molecular weight excluding hydrogens is 192 g/mol. The first-order valence-corrected chi connectivity index (χ1v) is 5.07. The molecule has 1 rings (SSSR count). The van der Waals surface area contributed by atoms with Crippen LogP contribution in [-0.2, 0) is 18.4 Å². The van der Waals surface area contributed by atoms with Crippen LogP contribution in [0.2, 0.25) is 0 Å². The predicted molar refractivity (Wildman–Crippen MR) is 58.1 cm³/mol. The Morgan fingerprint density at radius 1 is 1.73 bits per heavy atom. The number of carbonyl (C=O) groups is 1. The van der Waals surface area contributed by atoms with Gasteiger partial charge in [0.1, 0.15) is 0 Å². The maximum atomic E-state index is 11.4. The number of amides is 1. The van der Waals surface area contributed by atoms with Crippen molar-refractivity contribution in [2.75, 3.05) is 0 Å². The van der Waals surface area contributed by atoms with Gasteiger partial charge in [-0.3, -0.25) is 9.48 Å². The van der Waals surface area contributed by atoms with E-state index in [0.717, 1.165) is 11.3 Å². The van der Waals surface area contributed by atoms with Crippen LogP contribution in [0.15, 0.2) is 6.20 Å². The summed E-state index contributed by atoms with van der Waals surface area (Å²) in [5.41, 5.74) is 7.67. The molecule has 5 heteroatoms. The summed E-state index contributed by atoms with van der Waals surface area (Å²) in [7, 11) is 1.87. The third-order valence-corrected chi connectivity index (χ3v) is 2.57. The molecule has 1 aromatic rings. The molecule has 0 aliphatic carbocycles. The van der Waals surface area contributed by atoms with Crippen LogP contribution in [0.4, 0.5) is 0 Å². The number of nitrogens with two attached hydrogens (primary N) is 1. The number of aryl methyl sites for hydroxylation is 1. The van der Waals surface area contributed by atoms with Crippen molar-refractivity contribution < 1.29 is 4.79 Å². The first-order valence-electron chi connectivity index (χ1n) is 5.07. The molecule has 1 amide bonds. The fraction of sp³-hybridized carbons (Fsp3) is 0.600. The average Bonchev–Trinajstić information content (AvgIpc) is 2.55. The fourth-order valence-corrected chi connectivity index (χ4v) is 1.22. The molecule has 0 saturated heterocycles. The average molecular weight is 210 g/mol. The molecule has 0 aliphatic rings. The Morgan fingerprint density at radius 2 is 2.40 bits per heavy atom. The minimum atomic E-state index is -0.415. The van der Waals surface area contributed by atoms with Crippen molar-refractivity contribution in [3.8, 4) is 0 Å². The number of nitrogens with zero attached hydrogens (tertiary/aromatic N) is 2. The number of rotatable bonds is 4. The smallest absolute Gasteiger partial charge is 0.237 e. The van der Waals surface area contributed by atoms with Gasteiger partial charge in [0.2, 0.25) is 5.91 Å². The molecule has 3 N–H and O–H groups in total. The molecule has 15 heavy (non-hydrogen) atoms. The van der Waals surface area contributed by atoms with Crippen LogP contribution < -0.4 is 11.1 Å². The van der Waals surface area contributed by atoms with Gasteiger partial charge in [0.15, 0.2) is 0 Å². The summed E-state index contributed by atoms with van der Waals surface area (Å²) in [6.07, 6.45) is 2.41. The van der Waals surface area contributed by atoms with E-state index in [1.54, 1.807) is 10.9 Å². The van der Waals surface area contributed by atoms with Crippen LogP contribution in [0, 0.1) is 6.92 Å². The molecule has 0 spiro atoms. The lowest BCUT2D eigenvalue weighted by Gasteiger charge is -2.09. The first kappa shape index (κ1) is 11.7. The third kappa shape index (κ3) is 2.79. The Labute approximate surface area is 89.6 Å². The standard InChI is InChI=1S/C10H18N4O/c1-4-9(11)10(15)12-5-8-6-13-14(3)7(8)2/h6,9H,4-5,11H2,1-3H3,(H,12,15). The van der Waals surface area contributed by atoms with Gasteiger partial charge in [-0.2, -0.15) is 5.10 Å². The van der Waals surface area contributed by atoms with Gasteiger partial charge < -0.3 is 11.1 Å². The maximum Gasteiger partial charge on any atom is 0.237 e. The summed E-state index contributed by atoms with van der Waals surface area (Å²) in [4.78, 5) is 11.4. The maximum absolute atomic E-state index is 11.4. The van der Waals surface area contributed by atoms with E-state index in [-0.39, 0.29) is 5.91 Å². The largest absolute Gasteiger partial charge is 0.351 e. The number of hydrogen-bond acceptors (Lipinski definition) is 3. The van der Waals surface area contributed by atoms with E-state index >= 15 is 0 Å². The highest BCUT2D eigenvalue weighted by molar-refractivity contribution is 5.81. The Kier molecular flexibility index (Phi) is 3.85. The van der Waals surface area contributed by atoms with Crippen LogP contribution in [-0.4, -0.2) is 21.7 Å². The lowest BCUT2D eigenvalue weighted by molar-refractivity contribution is -0.122. The highest BCUT2D eigenvalue weighted by atomic mass is 16.2. The normalized spacial score (nSPS) is 12.5. The van der Waals surface area contributed by atoms with E-state index in [9.17, 15) is 4.79 Å². The van der Waals surface area contributed by atoms with Crippen LogP contribution in [0.25, 0.3) is 0 Å². The molecule has 5 nitrogen and oxygen atoms in total. The van der Waals surface area contributed by atoms with Crippen molar-refractivity contribution in [1.29, 1.82) is 0 Å². The molecule has 0 radical (unpaired) electrons. The van der Waals surface area contributed by atoms with Crippen molar-refractivity contribution in [2.45, 2.75) is 32.9 Å². The second kappa shape index (κ2) is 4.93. The number of carbonyl (C=O) groups excluding carboxylic acids is 1. The zero-order valence-electron chi connectivity index (χ0n) is 9.45. The van der Waals surface area contributed by atoms with Gasteiger partial charge in [-0.25, -0.2) is 0 Å². The van der Waals surface area contributed by atoms with Crippen LogP contribution in [0.5, 0.6) is 0 Å². The third-order valence-electron chi connectivity index (χ3n) is 2.57. The summed E-state index contributed by atoms with van der Waals surface area (Å²) >= 11 is 0. The minimum Gasteiger partial charge on any atom is -0.351 e. The van der Waals surface area contributed by atoms with Crippen LogP contribution in [0.1, 0.15) is 24.6 Å². The Balaban J connectivity index is 2.51. The van der Waals surface area contributed by atoms with E-state index in [4.69, 9.17) is 5.73 Å². The number of hydrogen-bond donors (Lipinski definition) is 2. The Morgan fingerprint density at radius 3 is 2.87 bits per heavy atom. The van der Waals surface area contributed by atoms with Gasteiger partial charge in [-0.1, -0.05) is 6.92 Å². The molecule has 0 saturated carbocycles. The van der Waals surface area contributed by atoms with E-state index in [1.807, 2.05) is 20.9 Å². The molecule has 0 bridgehead atoms. The number of nitrogens with one attached hydrogen (secondary N) is 1. The molecule has 1 unspecified atom stereocenters. The van der Waals surface area contributed by atoms with Gasteiger partial charge >= 0.3 is 0 Å². The summed E-state index contributed by atoms with van der Waals surface area (Å²) < 4.78 is 1.78. The van der Waals surface area contributed by atoms with Gasteiger partial charge in [0.05, 0.1) is 12.2 Å². The monoisotopic (exact) mass is 210 g/mol. The van der Waals surface area contributed by atoms with E-state index < -0.39 is 6.04 Å². The zero-order chi connectivity index (χ0) is 11.4. The highest BCUT2D eigenvalue weighted by Gasteiger charge is 2.11. The predicted octanol–water partition coefficient (Wildman–Crippen LogP) is 0.0820. The molecule has 0 aliphatic heterocycles. The Bertz CT molecular complexity index is 345. The molecule has 84 valence electrons. The summed E-state index contributed by atoms with van der Waals surface area (Å²) in [5.74, 6) is -0.110. The van der Waals surface area contributed by atoms with Gasteiger partial charge in [-0.15, -0.1) is 0 Å². The van der Waals surface area contributed by atoms with Crippen LogP contribution >= 0.6 is 0 Å². The molecule has 1 atom stereocenters. The Hall–Kier alpha value is -1.36. The summed E-state index contributed by atoms with van der Waals surface area (Å²) in [6.45, 7) is 4.35. The second-order valence-corrected chi connectivity index (χ2v) is 3.61. The van der Waals surface area contributed by atoms with Gasteiger partial charge in [-0.05, 0) is 13.3 Å². The lowest BCUT2D eigenvalue weighted by Crippen LogP contribution is -2.39. The molecule has 0 fully saturated rings. The van der Waals surface area contributed by atoms with E-state index in [0.29, 0.717) is 13.0 Å². The zero-order valence-corrected chi connectivity index (χ0v) is 9.45. The SMILES string of the molecule is CCC(N)C(=O)NCc1cnn(C)c1C. The van der Waals surface area contributed by atoms with Gasteiger partial charge in [0, 0.05) is 24.8 Å². The molecule has 0 aromatic carbocycles. The highest BCUT2D eigenvalue weighted by Crippen LogP contribution is 2.04. The van der Waals surface area contributed by atoms with Crippen molar-refractivity contribution in [1.82, 2.24) is 15.1 Å². The number of aromatic nitrogens is 2. The fourth-order valence-electron chi connectivity index (χ4n) is 1.22. The summed E-state index contributed by atoms with van der Waals surface area (Å²) in [6, 6.07) is -0.415. The first-order chi connectivity index (χ1) is 7.06. The molecule has 1 aromatic heterocycles. The van der Waals surface area contributed by atoms with Crippen molar-refractivity contribution >= 4 is 5.91 Å². The second-order valence-electron chi connectivity index (χ2n) is 3.61. The van der Waals surface area contributed by atoms with E-state index in [1.165, 1.54) is 0 Å². The quantitative estimate of drug-likeness (QED) is 0.739.